The largest absolute Gasteiger partial charge is 1.00 e. The summed E-state index contributed by atoms with van der Waals surface area (Å²) in [5, 5.41) is 0. The lowest BCUT2D eigenvalue weighted by molar-refractivity contribution is -0.922. The third-order valence-corrected chi connectivity index (χ3v) is 8.56. The maximum Gasteiger partial charge on any atom is 0.378 e. The van der Waals surface area contributed by atoms with Crippen LogP contribution in [-0.4, -0.2) is 165 Å². The van der Waals surface area contributed by atoms with Crippen molar-refractivity contribution in [3.05, 3.63) is 36.5 Å². The van der Waals surface area contributed by atoms with E-state index in [1.807, 2.05) is 19.0 Å². The second-order valence-electron chi connectivity index (χ2n) is 13.9. The van der Waals surface area contributed by atoms with Crippen molar-refractivity contribution in [2.75, 3.05) is 104 Å². The van der Waals surface area contributed by atoms with E-state index in [0.29, 0.717) is 12.2 Å². The van der Waals surface area contributed by atoms with Crippen molar-refractivity contribution in [2.45, 2.75) is 57.8 Å². The van der Waals surface area contributed by atoms with Gasteiger partial charge in [0.25, 0.3) is 0 Å². The number of hydrogen-bond acceptors (Lipinski definition) is 7. The van der Waals surface area contributed by atoms with Crippen LogP contribution in [-0.2, 0) is 28.6 Å². The fourth-order valence-electron chi connectivity index (χ4n) is 3.55. The molecule has 57 heavy (non-hydrogen) atoms. The molecule has 0 N–H and O–H groups in total. The number of carbonyl (C=O) groups excluding carboxylic acids is 3. The highest BCUT2D eigenvalue weighted by Crippen LogP contribution is 2.53. The van der Waals surface area contributed by atoms with Gasteiger partial charge in [0.2, 0.25) is 0 Å². The second-order valence-corrected chi connectivity index (χ2v) is 15.4. The lowest BCUT2D eigenvalue weighted by Gasteiger charge is -2.37. The van der Waals surface area contributed by atoms with Crippen molar-refractivity contribution < 1.29 is 129 Å². The average Bonchev–Trinajstić information content (AvgIpc) is 2.99. The lowest BCUT2D eigenvalue weighted by atomic mass is 10.0. The first-order valence-corrected chi connectivity index (χ1v) is 18.8. The Morgan fingerprint density at radius 1 is 0.579 bits per heavy atom. The molecule has 0 rings (SSSR count). The Morgan fingerprint density at radius 3 is 1.04 bits per heavy atom. The predicted molar refractivity (Wildman–Crippen MR) is 209 cm³/mol. The highest BCUT2D eigenvalue weighted by Gasteiger charge is 2.79. The number of carbonyl (C=O) groups is 3. The van der Waals surface area contributed by atoms with E-state index in [-0.39, 0.29) is 108 Å². The molecule has 23 heteroatoms. The molecule has 0 atom stereocenters. The number of esters is 3. The van der Waals surface area contributed by atoms with Crippen LogP contribution < -0.4 is 48.0 Å². The van der Waals surface area contributed by atoms with Gasteiger partial charge in [0, 0.05) is 23.3 Å². The Balaban J connectivity index is -0.000000185. The van der Waals surface area contributed by atoms with Gasteiger partial charge in [-0.05, 0) is 34.9 Å². The second kappa shape index (κ2) is 29.1. The fourth-order valence-corrected chi connectivity index (χ4v) is 4.51. The van der Waals surface area contributed by atoms with Gasteiger partial charge in [-0.2, -0.15) is 43.9 Å². The minimum atomic E-state index is -6.10. The third-order valence-electron chi connectivity index (χ3n) is 6.64. The number of hydrogen-bond donors (Lipinski definition) is 0. The van der Waals surface area contributed by atoms with Crippen molar-refractivity contribution >= 4 is 63.1 Å². The number of likely N-dealkylation sites (N-methyl/N-ethyl adjacent to an activating group) is 3. The van der Waals surface area contributed by atoms with Crippen LogP contribution in [0.5, 0.6) is 0 Å². The molecular weight excluding hydrogens is 1240 g/mol. The van der Waals surface area contributed by atoms with Gasteiger partial charge < -0.3 is 76.0 Å². The molecule has 0 aromatic carbocycles. The van der Waals surface area contributed by atoms with E-state index in [1.54, 1.807) is 35.1 Å². The molecule has 0 radical (unpaired) electrons. The zero-order chi connectivity index (χ0) is 43.7. The molecule has 0 saturated carbocycles. The molecule has 0 bridgehead atoms. The molecule has 342 valence electrons. The monoisotopic (exact) mass is 1300 g/mol. The van der Waals surface area contributed by atoms with Crippen LogP contribution in [0, 0.1) is 0 Å². The van der Waals surface area contributed by atoms with E-state index in [9.17, 15) is 58.3 Å². The first-order chi connectivity index (χ1) is 24.0. The molecular formula is C34H57F10I4N3O6. The topological polar surface area (TPSA) is 82.1 Å². The minimum absolute atomic E-state index is 0. The van der Waals surface area contributed by atoms with Crippen LogP contribution in [0.2, 0.25) is 0 Å². The Labute approximate surface area is 392 Å². The normalized spacial score (nSPS) is 12.1. The number of halogens is 14. The summed E-state index contributed by atoms with van der Waals surface area (Å²) in [5.41, 5.74) is 0.998. The molecule has 0 heterocycles. The Kier molecular flexibility index (Phi) is 35.0. The minimum Gasteiger partial charge on any atom is -1.00 e. The fraction of sp³-hybridized carbons (Fsp3) is 0.735. The van der Waals surface area contributed by atoms with Gasteiger partial charge in [-0.15, -0.1) is 0 Å². The van der Waals surface area contributed by atoms with Crippen molar-refractivity contribution in [3.63, 3.8) is 0 Å². The van der Waals surface area contributed by atoms with Crippen molar-refractivity contribution in [2.24, 2.45) is 0 Å². The van der Waals surface area contributed by atoms with E-state index in [4.69, 9.17) is 14.2 Å². The summed E-state index contributed by atoms with van der Waals surface area (Å²) in [7, 11) is 10.5. The lowest BCUT2D eigenvalue weighted by Crippen LogP contribution is -3.00. The number of quaternary nitrogens is 2. The van der Waals surface area contributed by atoms with Gasteiger partial charge in [0.05, 0.1) is 37.0 Å². The molecule has 0 amide bonds. The van der Waals surface area contributed by atoms with Crippen molar-refractivity contribution in [1.29, 1.82) is 0 Å². The summed E-state index contributed by atoms with van der Waals surface area (Å²) < 4.78 is 141. The quantitative estimate of drug-likeness (QED) is 0.0330. The van der Waals surface area contributed by atoms with Crippen LogP contribution in [0.15, 0.2) is 36.5 Å². The highest BCUT2D eigenvalue weighted by molar-refractivity contribution is 14.1. The first-order valence-electron chi connectivity index (χ1n) is 15.8. The van der Waals surface area contributed by atoms with E-state index in [2.05, 4.69) is 19.7 Å². The summed E-state index contributed by atoms with van der Waals surface area (Å²) in [5.74, 6) is -26.9. The molecule has 0 unspecified atom stereocenters. The molecule has 0 aromatic heterocycles. The Hall–Kier alpha value is -0.270. The van der Waals surface area contributed by atoms with E-state index in [0.717, 1.165) is 51.7 Å². The summed E-state index contributed by atoms with van der Waals surface area (Å²) in [6.07, 6.45) is 0. The molecule has 0 aliphatic carbocycles. The number of alkyl halides is 12. The van der Waals surface area contributed by atoms with Crippen molar-refractivity contribution in [1.82, 2.24) is 4.90 Å². The van der Waals surface area contributed by atoms with Crippen LogP contribution in [0.3, 0.4) is 0 Å². The first kappa shape index (κ1) is 68.5. The molecule has 9 nitrogen and oxygen atoms in total. The third kappa shape index (κ3) is 27.3. The van der Waals surface area contributed by atoms with Gasteiger partial charge in [0.1, 0.15) is 46.0 Å². The average molecular weight is 1300 g/mol. The molecule has 0 spiro atoms. The number of rotatable bonds is 21. The maximum absolute atomic E-state index is 14.6. The number of nitrogens with zero attached hydrogens (tertiary/aromatic N) is 3. The van der Waals surface area contributed by atoms with Gasteiger partial charge in [-0.25, -0.2) is 14.4 Å². The maximum atomic E-state index is 14.6. The van der Waals surface area contributed by atoms with E-state index in [1.165, 1.54) is 13.8 Å². The van der Waals surface area contributed by atoms with E-state index < -0.39 is 63.5 Å². The summed E-state index contributed by atoms with van der Waals surface area (Å²) in [6.45, 7) is 16.1. The summed E-state index contributed by atoms with van der Waals surface area (Å²) in [6, 6.07) is 0. The summed E-state index contributed by atoms with van der Waals surface area (Å²) >= 11 is 1.45. The Morgan fingerprint density at radius 2 is 0.825 bits per heavy atom. The van der Waals surface area contributed by atoms with Crippen LogP contribution >= 0.6 is 45.2 Å². The zero-order valence-electron chi connectivity index (χ0n) is 32.8. The highest BCUT2D eigenvalue weighted by atomic mass is 127. The summed E-state index contributed by atoms with van der Waals surface area (Å²) in [4.78, 5) is 35.5. The zero-order valence-corrected chi connectivity index (χ0v) is 41.4. The molecule has 0 aliphatic rings. The van der Waals surface area contributed by atoms with Crippen molar-refractivity contribution in [3.8, 4) is 0 Å². The molecule has 0 aliphatic heterocycles. The Bertz CT molecular complexity index is 1200. The van der Waals surface area contributed by atoms with Crippen LogP contribution in [0.4, 0.5) is 43.9 Å². The molecule has 0 aromatic rings. The van der Waals surface area contributed by atoms with Crippen LogP contribution in [0.1, 0.15) is 28.2 Å². The standard InChI is InChI=1S/C19H34F2N2O4.C8H15NO2.C6H4F8I2.CH4.2HI/c1-15(2)17(24)26-11-9-22(5,6)13-19(20,21)14-23(7,8)10-12-27-18(25)16(3)4;1-7(2)8(10)11-6-5-9(3)4;7-3(8,1-15)5(11,12)6(13,14)4(9,10)2-16;;;/h1,3,9-14H2,2,4-8H3;1,5-6H2,2-4H3;1-2H2;1H4;2*1H/q+2;;;;;/p-2. The van der Waals surface area contributed by atoms with Gasteiger partial charge >= 0.3 is 47.5 Å². The van der Waals surface area contributed by atoms with Gasteiger partial charge in [-0.3, -0.25) is 0 Å². The van der Waals surface area contributed by atoms with E-state index >= 15 is 0 Å². The predicted octanol–water partition coefficient (Wildman–Crippen LogP) is 1.72. The smallest absolute Gasteiger partial charge is 0.378 e. The van der Waals surface area contributed by atoms with Gasteiger partial charge in [0.15, 0.2) is 0 Å². The SMILES string of the molecule is C.C=C(C)C(=O)OCCN(C)C.C=C(C)C(=O)OCC[N+](C)(C)CC(F)(F)C[N+](C)(C)CCOC(=O)C(=C)C.FC(F)(CI)C(F)(F)C(F)(F)C(F)(F)CI.[I-].[I-]. The van der Waals surface area contributed by atoms with Gasteiger partial charge in [-0.1, -0.05) is 72.3 Å². The molecule has 0 saturated heterocycles. The number of ether oxygens (including phenoxy) is 3. The van der Waals surface area contributed by atoms with Crippen LogP contribution in [0.25, 0.3) is 0 Å². The molecule has 0 fully saturated rings.